The molecule has 0 radical (unpaired) electrons. The molecule has 0 aliphatic heterocycles. The van der Waals surface area contributed by atoms with Crippen LogP contribution in [0.2, 0.25) is 0 Å². The van der Waals surface area contributed by atoms with Crippen LogP contribution in [0.5, 0.6) is 0 Å². The molecule has 5 nitrogen and oxygen atoms in total. The van der Waals surface area contributed by atoms with Crippen LogP contribution in [0, 0.1) is 0 Å². The summed E-state index contributed by atoms with van der Waals surface area (Å²) in [6.07, 6.45) is 10.6. The van der Waals surface area contributed by atoms with Gasteiger partial charge in [0.1, 0.15) is 17.8 Å². The number of anilines is 1. The number of allylic oxidation sites excluding steroid dienone is 1. The Kier molecular flexibility index (Phi) is 6.37. The highest BCUT2D eigenvalue weighted by Crippen LogP contribution is 2.19. The Morgan fingerprint density at radius 1 is 1.36 bits per heavy atom. The summed E-state index contributed by atoms with van der Waals surface area (Å²) in [5.74, 6) is 0.565. The summed E-state index contributed by atoms with van der Waals surface area (Å²) in [7, 11) is 0. The summed E-state index contributed by atoms with van der Waals surface area (Å²) in [6, 6.07) is 2.03. The second-order valence-corrected chi connectivity index (χ2v) is 5.86. The zero-order valence-electron chi connectivity index (χ0n) is 13.6. The fourth-order valence-electron chi connectivity index (χ4n) is 2.47. The largest absolute Gasteiger partial charge is 0.368 e. The van der Waals surface area contributed by atoms with Crippen molar-refractivity contribution in [2.75, 3.05) is 11.9 Å². The average Bonchev–Trinajstić information content (AvgIpc) is 2.56. The number of carbonyl (C=O) groups excluding carboxylic acids is 1. The molecule has 0 saturated heterocycles. The fourth-order valence-corrected chi connectivity index (χ4v) is 2.47. The predicted octanol–water partition coefficient (Wildman–Crippen LogP) is 3.31. The summed E-state index contributed by atoms with van der Waals surface area (Å²) < 4.78 is 0. The van der Waals surface area contributed by atoms with Gasteiger partial charge >= 0.3 is 0 Å². The van der Waals surface area contributed by atoms with E-state index < -0.39 is 0 Å². The standard InChI is InChI=1S/C17H26N4O/c1-3-13(2)21-16-11-15(19-12-20-16)17(22)18-10-9-14-7-5-4-6-8-14/h7,11-13H,3-6,8-10H2,1-2H3,(H,18,22)(H,19,20,21). The average molecular weight is 302 g/mol. The van der Waals surface area contributed by atoms with Crippen molar-refractivity contribution in [2.24, 2.45) is 0 Å². The lowest BCUT2D eigenvalue weighted by Gasteiger charge is -2.13. The number of nitrogens with zero attached hydrogens (tertiary/aromatic N) is 2. The number of hydrogen-bond acceptors (Lipinski definition) is 4. The number of aromatic nitrogens is 2. The van der Waals surface area contributed by atoms with Crippen molar-refractivity contribution in [2.45, 2.75) is 58.4 Å². The molecule has 1 aliphatic carbocycles. The van der Waals surface area contributed by atoms with Gasteiger partial charge in [-0.3, -0.25) is 4.79 Å². The van der Waals surface area contributed by atoms with Crippen molar-refractivity contribution < 1.29 is 4.79 Å². The topological polar surface area (TPSA) is 66.9 Å². The van der Waals surface area contributed by atoms with Crippen LogP contribution in [-0.4, -0.2) is 28.5 Å². The zero-order chi connectivity index (χ0) is 15.8. The van der Waals surface area contributed by atoms with Crippen LogP contribution >= 0.6 is 0 Å². The molecule has 1 aliphatic rings. The van der Waals surface area contributed by atoms with E-state index in [1.807, 2.05) is 0 Å². The third kappa shape index (κ3) is 5.13. The van der Waals surface area contributed by atoms with Gasteiger partial charge in [0.05, 0.1) is 0 Å². The molecule has 1 unspecified atom stereocenters. The van der Waals surface area contributed by atoms with Crippen molar-refractivity contribution in [3.63, 3.8) is 0 Å². The van der Waals surface area contributed by atoms with E-state index >= 15 is 0 Å². The van der Waals surface area contributed by atoms with Crippen LogP contribution in [0.15, 0.2) is 24.0 Å². The van der Waals surface area contributed by atoms with Crippen LogP contribution < -0.4 is 10.6 Å². The van der Waals surface area contributed by atoms with Gasteiger partial charge in [-0.1, -0.05) is 18.6 Å². The van der Waals surface area contributed by atoms with Gasteiger partial charge in [0.2, 0.25) is 0 Å². The number of hydrogen-bond donors (Lipinski definition) is 2. The second-order valence-electron chi connectivity index (χ2n) is 5.86. The molecule has 0 aromatic carbocycles. The van der Waals surface area contributed by atoms with Gasteiger partial charge in [-0.15, -0.1) is 0 Å². The van der Waals surface area contributed by atoms with E-state index in [4.69, 9.17) is 0 Å². The maximum atomic E-state index is 12.1. The van der Waals surface area contributed by atoms with E-state index in [1.54, 1.807) is 6.07 Å². The minimum Gasteiger partial charge on any atom is -0.368 e. The predicted molar refractivity (Wildman–Crippen MR) is 88.9 cm³/mol. The summed E-state index contributed by atoms with van der Waals surface area (Å²) in [5, 5.41) is 6.20. The first-order chi connectivity index (χ1) is 10.7. The lowest BCUT2D eigenvalue weighted by atomic mass is 9.97. The first kappa shape index (κ1) is 16.5. The first-order valence-electron chi connectivity index (χ1n) is 8.23. The minimum atomic E-state index is -0.133. The van der Waals surface area contributed by atoms with Gasteiger partial charge in [-0.2, -0.15) is 0 Å². The monoisotopic (exact) mass is 302 g/mol. The molecule has 2 N–H and O–H groups in total. The molecule has 1 atom stereocenters. The van der Waals surface area contributed by atoms with Gasteiger partial charge in [0.15, 0.2) is 0 Å². The summed E-state index contributed by atoms with van der Waals surface area (Å²) in [6.45, 7) is 4.86. The van der Waals surface area contributed by atoms with Crippen molar-refractivity contribution in [3.8, 4) is 0 Å². The van der Waals surface area contributed by atoms with Gasteiger partial charge in [0.25, 0.3) is 5.91 Å². The van der Waals surface area contributed by atoms with Crippen LogP contribution in [0.25, 0.3) is 0 Å². The molecule has 0 bridgehead atoms. The molecule has 120 valence electrons. The van der Waals surface area contributed by atoms with E-state index in [2.05, 4.69) is 40.5 Å². The summed E-state index contributed by atoms with van der Waals surface area (Å²) >= 11 is 0. The highest BCUT2D eigenvalue weighted by Gasteiger charge is 2.10. The Balaban J connectivity index is 1.83. The number of rotatable bonds is 7. The summed E-state index contributed by atoms with van der Waals surface area (Å²) in [4.78, 5) is 20.4. The van der Waals surface area contributed by atoms with E-state index in [0.29, 0.717) is 24.1 Å². The molecule has 1 aromatic heterocycles. The highest BCUT2D eigenvalue weighted by molar-refractivity contribution is 5.92. The minimum absolute atomic E-state index is 0.133. The highest BCUT2D eigenvalue weighted by atomic mass is 16.1. The Morgan fingerprint density at radius 2 is 2.23 bits per heavy atom. The van der Waals surface area contributed by atoms with Gasteiger partial charge < -0.3 is 10.6 Å². The normalized spacial score (nSPS) is 15.8. The summed E-state index contributed by atoms with van der Waals surface area (Å²) in [5.41, 5.74) is 1.88. The third-order valence-corrected chi connectivity index (χ3v) is 4.02. The molecular formula is C17H26N4O. The maximum Gasteiger partial charge on any atom is 0.270 e. The van der Waals surface area contributed by atoms with Gasteiger partial charge in [-0.05, 0) is 45.4 Å². The third-order valence-electron chi connectivity index (χ3n) is 4.02. The fraction of sp³-hybridized carbons (Fsp3) is 0.588. The Bertz CT molecular complexity index is 527. The smallest absolute Gasteiger partial charge is 0.270 e. The number of amides is 1. The lowest BCUT2D eigenvalue weighted by Crippen LogP contribution is -2.26. The molecule has 5 heteroatoms. The molecule has 1 amide bonds. The molecule has 0 saturated carbocycles. The lowest BCUT2D eigenvalue weighted by molar-refractivity contribution is 0.0949. The van der Waals surface area contributed by atoms with E-state index in [9.17, 15) is 4.79 Å². The molecule has 2 rings (SSSR count). The molecule has 0 spiro atoms. The molecule has 22 heavy (non-hydrogen) atoms. The van der Waals surface area contributed by atoms with Gasteiger partial charge in [-0.25, -0.2) is 9.97 Å². The molecule has 1 aromatic rings. The first-order valence-corrected chi connectivity index (χ1v) is 8.23. The number of nitrogens with one attached hydrogen (secondary N) is 2. The van der Waals surface area contributed by atoms with Crippen LogP contribution in [0.3, 0.4) is 0 Å². The quantitative estimate of drug-likeness (QED) is 0.758. The Hall–Kier alpha value is -1.91. The molecule has 0 fully saturated rings. The van der Waals surface area contributed by atoms with Crippen LogP contribution in [0.4, 0.5) is 5.82 Å². The molecule has 1 heterocycles. The maximum absolute atomic E-state index is 12.1. The van der Waals surface area contributed by atoms with Crippen molar-refractivity contribution in [1.82, 2.24) is 15.3 Å². The zero-order valence-corrected chi connectivity index (χ0v) is 13.6. The van der Waals surface area contributed by atoms with Crippen molar-refractivity contribution in [1.29, 1.82) is 0 Å². The van der Waals surface area contributed by atoms with Gasteiger partial charge in [0, 0.05) is 18.7 Å². The van der Waals surface area contributed by atoms with E-state index in [0.717, 1.165) is 12.8 Å². The van der Waals surface area contributed by atoms with E-state index in [1.165, 1.54) is 37.6 Å². The Labute approximate surface area is 132 Å². The Morgan fingerprint density at radius 3 is 2.95 bits per heavy atom. The number of carbonyl (C=O) groups is 1. The second kappa shape index (κ2) is 8.51. The SMILES string of the molecule is CCC(C)Nc1cc(C(=O)NCCC2=CCCCC2)ncn1. The van der Waals surface area contributed by atoms with Crippen LogP contribution in [0.1, 0.15) is 62.9 Å². The van der Waals surface area contributed by atoms with Crippen molar-refractivity contribution in [3.05, 3.63) is 29.7 Å². The van der Waals surface area contributed by atoms with Crippen LogP contribution in [-0.2, 0) is 0 Å². The van der Waals surface area contributed by atoms with E-state index in [-0.39, 0.29) is 5.91 Å². The van der Waals surface area contributed by atoms with Crippen molar-refractivity contribution >= 4 is 11.7 Å². The molecular weight excluding hydrogens is 276 g/mol.